The monoisotopic (exact) mass is 391 g/mol. The molecule has 0 saturated carbocycles. The van der Waals surface area contributed by atoms with Gasteiger partial charge in [-0.3, -0.25) is 6.08 Å². The fraction of sp³-hybridized carbons (Fsp3) is 0.150. The van der Waals surface area contributed by atoms with Crippen molar-refractivity contribution in [2.24, 2.45) is 0 Å². The van der Waals surface area contributed by atoms with Crippen LogP contribution in [0.2, 0.25) is 0 Å². The average Bonchev–Trinajstić information content (AvgIpc) is 3.28. The molecule has 1 aliphatic carbocycles. The Morgan fingerprint density at radius 3 is 2.42 bits per heavy atom. The van der Waals surface area contributed by atoms with Crippen molar-refractivity contribution in [3.8, 4) is 5.69 Å². The van der Waals surface area contributed by atoms with E-state index in [-0.39, 0.29) is 0 Å². The first kappa shape index (κ1) is 19.2. The van der Waals surface area contributed by atoms with E-state index in [1.54, 1.807) is 0 Å². The molecule has 1 aromatic heterocycles. The summed E-state index contributed by atoms with van der Waals surface area (Å²) in [5, 5.41) is 2.62. The Morgan fingerprint density at radius 1 is 1.17 bits per heavy atom. The number of allylic oxidation sites excluding steroid dienone is 4. The van der Waals surface area contributed by atoms with Gasteiger partial charge in [-0.05, 0) is 31.2 Å². The van der Waals surface area contributed by atoms with Gasteiger partial charge in [0.15, 0.2) is 0 Å². The predicted molar refractivity (Wildman–Crippen MR) is 102 cm³/mol. The molecule has 3 aromatic rings. The second-order valence-electron chi connectivity index (χ2n) is 5.45. The molecule has 0 unspecified atom stereocenters. The molecule has 24 heavy (non-hydrogen) atoms. The standard InChI is InChI=1S/C15H14N.C5H5.2ClH.Ti/c1-11-7-12(2)16(10-11)15-8-13-5-3-4-6-14(13)9-15;1-2-4-5-3-1;;;/h3-10H,1-2H3;1-3H,4H2;2*1H;/q2*-1;;;+2/p-2. The Labute approximate surface area is 160 Å². The maximum absolute atomic E-state index is 4.89. The number of benzene rings is 1. The van der Waals surface area contributed by atoms with E-state index in [9.17, 15) is 0 Å². The van der Waals surface area contributed by atoms with E-state index in [0.29, 0.717) is 0 Å². The molecule has 0 radical (unpaired) electrons. The van der Waals surface area contributed by atoms with Crippen LogP contribution < -0.4 is 0 Å². The predicted octanol–water partition coefficient (Wildman–Crippen LogP) is 6.65. The van der Waals surface area contributed by atoms with Crippen LogP contribution in [0.25, 0.3) is 16.5 Å². The van der Waals surface area contributed by atoms with Gasteiger partial charge in [-0.1, -0.05) is 6.07 Å². The Bertz CT molecular complexity index is 784. The van der Waals surface area contributed by atoms with Crippen molar-refractivity contribution >= 4 is 29.4 Å². The molecule has 0 amide bonds. The van der Waals surface area contributed by atoms with E-state index in [4.69, 9.17) is 18.6 Å². The molecule has 4 rings (SSSR count). The molecular weight excluding hydrogens is 373 g/mol. The summed E-state index contributed by atoms with van der Waals surface area (Å²) < 4.78 is 2.25. The summed E-state index contributed by atoms with van der Waals surface area (Å²) >= 11 is -0.556. The van der Waals surface area contributed by atoms with Crippen molar-refractivity contribution in [2.75, 3.05) is 0 Å². The van der Waals surface area contributed by atoms with Crippen LogP contribution >= 0.6 is 18.6 Å². The summed E-state index contributed by atoms with van der Waals surface area (Å²) in [5.41, 5.74) is 3.85. The molecule has 1 nitrogen and oxygen atoms in total. The Balaban J connectivity index is 0.000000217. The number of fused-ring (bicyclic) bond motifs is 1. The zero-order chi connectivity index (χ0) is 17.4. The van der Waals surface area contributed by atoms with E-state index in [1.165, 1.54) is 27.7 Å². The van der Waals surface area contributed by atoms with Crippen molar-refractivity contribution in [1.29, 1.82) is 0 Å². The molecule has 2 aromatic carbocycles. The van der Waals surface area contributed by atoms with Gasteiger partial charge in [-0.25, -0.2) is 12.2 Å². The third-order valence-corrected chi connectivity index (χ3v) is 3.62. The molecule has 0 spiro atoms. The fourth-order valence-electron chi connectivity index (χ4n) is 2.63. The molecule has 4 heteroatoms. The Morgan fingerprint density at radius 2 is 1.92 bits per heavy atom. The van der Waals surface area contributed by atoms with Gasteiger partial charge in [0.2, 0.25) is 0 Å². The molecule has 0 aliphatic heterocycles. The van der Waals surface area contributed by atoms with Gasteiger partial charge in [0.25, 0.3) is 0 Å². The number of nitrogens with zero attached hydrogens (tertiary/aromatic N) is 1. The van der Waals surface area contributed by atoms with Gasteiger partial charge in [-0.15, -0.1) is 47.5 Å². The number of aromatic nitrogens is 1. The fourth-order valence-corrected chi connectivity index (χ4v) is 2.63. The topological polar surface area (TPSA) is 4.93 Å². The number of rotatable bonds is 1. The maximum atomic E-state index is 4.89. The van der Waals surface area contributed by atoms with Crippen LogP contribution in [0.1, 0.15) is 17.7 Å². The van der Waals surface area contributed by atoms with E-state index in [1.807, 2.05) is 12.2 Å². The molecule has 1 heterocycles. The first-order valence-corrected chi connectivity index (χ1v) is 11.9. The van der Waals surface area contributed by atoms with E-state index in [0.717, 1.165) is 6.42 Å². The Kier molecular flexibility index (Phi) is 8.01. The van der Waals surface area contributed by atoms with Gasteiger partial charge in [0, 0.05) is 11.9 Å². The first-order chi connectivity index (χ1) is 11.7. The summed E-state index contributed by atoms with van der Waals surface area (Å²) in [6.07, 6.45) is 12.2. The van der Waals surface area contributed by atoms with Crippen molar-refractivity contribution in [3.63, 3.8) is 0 Å². The van der Waals surface area contributed by atoms with Crippen LogP contribution in [0.5, 0.6) is 0 Å². The average molecular weight is 392 g/mol. The number of hydrogen-bond acceptors (Lipinski definition) is 0. The van der Waals surface area contributed by atoms with Crippen molar-refractivity contribution in [1.82, 2.24) is 4.57 Å². The van der Waals surface area contributed by atoms with Gasteiger partial charge >= 0.3 is 35.6 Å². The molecule has 124 valence electrons. The SMILES string of the molecule is Cc1cc(C)n(-c2cc3ccccc3[cH-]2)c1.[C-]1=CC=CC1.[Cl][Ti][Cl]. The first-order valence-electron chi connectivity index (χ1n) is 7.65. The van der Waals surface area contributed by atoms with E-state index in [2.05, 4.69) is 79.2 Å². The number of hydrogen-bond donors (Lipinski definition) is 0. The van der Waals surface area contributed by atoms with Crippen molar-refractivity contribution in [2.45, 2.75) is 20.3 Å². The van der Waals surface area contributed by atoms with Crippen molar-refractivity contribution < 1.29 is 17.0 Å². The van der Waals surface area contributed by atoms with E-state index >= 15 is 0 Å². The Hall–Kier alpha value is -1.12. The number of halogens is 2. The minimum atomic E-state index is -0.556. The minimum absolute atomic E-state index is 0.556. The summed E-state index contributed by atoms with van der Waals surface area (Å²) in [5.74, 6) is 0. The molecule has 0 N–H and O–H groups in total. The van der Waals surface area contributed by atoms with Gasteiger partial charge in [0.1, 0.15) is 0 Å². The van der Waals surface area contributed by atoms with Crippen LogP contribution in [0.3, 0.4) is 0 Å². The summed E-state index contributed by atoms with van der Waals surface area (Å²) in [6.45, 7) is 4.27. The third-order valence-electron chi connectivity index (χ3n) is 3.62. The molecule has 0 atom stereocenters. The molecule has 0 fully saturated rings. The zero-order valence-corrected chi connectivity index (χ0v) is 16.8. The van der Waals surface area contributed by atoms with Gasteiger partial charge in [0.05, 0.1) is 0 Å². The molecular formula is C20H19Cl2NTi-2. The second-order valence-corrected chi connectivity index (χ2v) is 8.02. The zero-order valence-electron chi connectivity index (χ0n) is 13.8. The summed E-state index contributed by atoms with van der Waals surface area (Å²) in [4.78, 5) is 0. The molecule has 1 aliphatic rings. The summed E-state index contributed by atoms with van der Waals surface area (Å²) in [6, 6.07) is 15.2. The molecule has 0 bridgehead atoms. The molecule has 0 saturated heterocycles. The third kappa shape index (κ3) is 5.46. The van der Waals surface area contributed by atoms with Crippen LogP contribution in [-0.4, -0.2) is 4.57 Å². The van der Waals surface area contributed by atoms with Crippen LogP contribution in [-0.2, 0) is 17.0 Å². The number of aryl methyl sites for hydroxylation is 2. The van der Waals surface area contributed by atoms with E-state index < -0.39 is 17.0 Å². The van der Waals surface area contributed by atoms with Crippen LogP contribution in [0, 0.1) is 19.9 Å². The normalized spacial score (nSPS) is 11.7. The van der Waals surface area contributed by atoms with Crippen molar-refractivity contribution in [3.05, 3.63) is 84.2 Å². The van der Waals surface area contributed by atoms with Crippen LogP contribution in [0.4, 0.5) is 0 Å². The quantitative estimate of drug-likeness (QED) is 0.323. The van der Waals surface area contributed by atoms with Gasteiger partial charge in [-0.2, -0.15) is 6.08 Å². The van der Waals surface area contributed by atoms with Crippen LogP contribution in [0.15, 0.2) is 66.9 Å². The second kappa shape index (κ2) is 10.0. The summed E-state index contributed by atoms with van der Waals surface area (Å²) in [7, 11) is 9.78. The van der Waals surface area contributed by atoms with Gasteiger partial charge < -0.3 is 4.57 Å².